The normalized spacial score (nSPS) is 17.0. The third-order valence-corrected chi connectivity index (χ3v) is 7.65. The van der Waals surface area contributed by atoms with Crippen LogP contribution < -0.4 is 4.72 Å². The number of hydrogen-bond acceptors (Lipinski definition) is 4. The third-order valence-electron chi connectivity index (χ3n) is 5.28. The molecule has 1 amide bonds. The highest BCUT2D eigenvalue weighted by Crippen LogP contribution is 2.26. The van der Waals surface area contributed by atoms with Crippen LogP contribution in [0.2, 0.25) is 10.0 Å². The number of hydrogen-bond donors (Lipinski definition) is 1. The van der Waals surface area contributed by atoms with Crippen molar-refractivity contribution in [3.63, 3.8) is 0 Å². The summed E-state index contributed by atoms with van der Waals surface area (Å²) in [6, 6.07) is 5.05. The Labute approximate surface area is 187 Å². The largest absolute Gasteiger partial charge is 0.341 e. The predicted octanol–water partition coefficient (Wildman–Crippen LogP) is 3.27. The van der Waals surface area contributed by atoms with Gasteiger partial charge < -0.3 is 4.90 Å². The number of nitrogens with one attached hydrogen (secondary N) is 1. The summed E-state index contributed by atoms with van der Waals surface area (Å²) in [4.78, 5) is 14.6. The molecule has 0 bridgehead atoms. The van der Waals surface area contributed by atoms with Gasteiger partial charge in [-0.05, 0) is 44.9 Å². The van der Waals surface area contributed by atoms with Crippen molar-refractivity contribution in [1.29, 1.82) is 0 Å². The second-order valence-electron chi connectivity index (χ2n) is 7.60. The zero-order valence-electron chi connectivity index (χ0n) is 17.3. The number of rotatable bonds is 7. The molecule has 0 unspecified atom stereocenters. The fraction of sp³-hybridized carbons (Fsp3) is 0.500. The van der Waals surface area contributed by atoms with Gasteiger partial charge in [-0.1, -0.05) is 30.1 Å². The molecule has 0 radical (unpaired) electrons. The van der Waals surface area contributed by atoms with E-state index in [0.29, 0.717) is 36.0 Å². The van der Waals surface area contributed by atoms with Gasteiger partial charge >= 0.3 is 0 Å². The number of likely N-dealkylation sites (tertiary alicyclic amines) is 1. The van der Waals surface area contributed by atoms with Gasteiger partial charge in [0.2, 0.25) is 15.9 Å². The second kappa shape index (κ2) is 9.26. The van der Waals surface area contributed by atoms with Gasteiger partial charge in [0, 0.05) is 30.4 Å². The maximum absolute atomic E-state index is 12.9. The molecule has 30 heavy (non-hydrogen) atoms. The van der Waals surface area contributed by atoms with Gasteiger partial charge in [0.1, 0.15) is 0 Å². The number of benzene rings is 1. The molecule has 0 aliphatic carbocycles. The lowest BCUT2D eigenvalue weighted by molar-refractivity contribution is -0.129. The molecule has 1 atom stereocenters. The number of halogens is 2. The lowest BCUT2D eigenvalue weighted by atomic mass is 10.1. The van der Waals surface area contributed by atoms with Gasteiger partial charge in [-0.3, -0.25) is 4.79 Å². The van der Waals surface area contributed by atoms with E-state index in [9.17, 15) is 13.2 Å². The highest BCUT2D eigenvalue weighted by molar-refractivity contribution is 7.89. The van der Waals surface area contributed by atoms with E-state index < -0.39 is 10.0 Å². The fourth-order valence-corrected chi connectivity index (χ4v) is 5.37. The van der Waals surface area contributed by atoms with Crippen molar-refractivity contribution in [2.45, 2.75) is 46.1 Å². The van der Waals surface area contributed by atoms with E-state index in [4.69, 9.17) is 23.2 Å². The summed E-state index contributed by atoms with van der Waals surface area (Å²) in [6.07, 6.45) is 1.40. The molecular weight excluding hydrogens is 447 g/mol. The molecule has 3 rings (SSSR count). The van der Waals surface area contributed by atoms with Crippen LogP contribution in [0.3, 0.4) is 0 Å². The molecule has 1 N–H and O–H groups in total. The van der Waals surface area contributed by atoms with E-state index in [-0.39, 0.29) is 24.1 Å². The van der Waals surface area contributed by atoms with Crippen molar-refractivity contribution >= 4 is 39.1 Å². The lowest BCUT2D eigenvalue weighted by Crippen LogP contribution is -2.39. The molecule has 1 saturated heterocycles. The summed E-state index contributed by atoms with van der Waals surface area (Å²) in [5, 5.41) is 5.47. The van der Waals surface area contributed by atoms with Gasteiger partial charge in [0.15, 0.2) is 0 Å². The van der Waals surface area contributed by atoms with Crippen LogP contribution in [0.1, 0.15) is 36.7 Å². The van der Waals surface area contributed by atoms with Crippen molar-refractivity contribution in [1.82, 2.24) is 19.4 Å². The Kier molecular flexibility index (Phi) is 7.12. The second-order valence-corrected chi connectivity index (χ2v) is 10.3. The third kappa shape index (κ3) is 5.17. The Morgan fingerprint density at radius 1 is 1.27 bits per heavy atom. The van der Waals surface area contributed by atoms with E-state index in [1.807, 2.05) is 26.8 Å². The van der Waals surface area contributed by atoms with Crippen LogP contribution in [-0.2, 0) is 21.2 Å². The average Bonchev–Trinajstić information content (AvgIpc) is 3.23. The number of sulfonamides is 1. The van der Waals surface area contributed by atoms with E-state index >= 15 is 0 Å². The number of amides is 1. The monoisotopic (exact) mass is 472 g/mol. The minimum absolute atomic E-state index is 0.0351. The molecule has 1 aliphatic heterocycles. The first-order valence-electron chi connectivity index (χ1n) is 9.89. The Balaban J connectivity index is 1.70. The molecule has 1 aromatic carbocycles. The van der Waals surface area contributed by atoms with Crippen LogP contribution in [0.15, 0.2) is 18.2 Å². The Bertz CT molecular complexity index is 1050. The fourth-order valence-electron chi connectivity index (χ4n) is 3.73. The molecular formula is C20H26Cl2N4O3S. The summed E-state index contributed by atoms with van der Waals surface area (Å²) in [7, 11) is -3.29. The van der Waals surface area contributed by atoms with Crippen LogP contribution >= 0.6 is 23.2 Å². The van der Waals surface area contributed by atoms with Crippen molar-refractivity contribution in [2.75, 3.05) is 18.8 Å². The highest BCUT2D eigenvalue weighted by Gasteiger charge is 2.30. The minimum Gasteiger partial charge on any atom is -0.341 e. The average molecular weight is 473 g/mol. The van der Waals surface area contributed by atoms with Crippen LogP contribution in [0, 0.1) is 13.8 Å². The van der Waals surface area contributed by atoms with E-state index in [0.717, 1.165) is 22.6 Å². The number of aromatic nitrogens is 2. The predicted molar refractivity (Wildman–Crippen MR) is 119 cm³/mol. The highest BCUT2D eigenvalue weighted by atomic mass is 35.5. The number of aryl methyl sites for hydroxylation is 1. The SMILES string of the molecule is CCCS(=O)(=O)N[C@@H]1CCN(C(=O)Cc2c(C)nn(-c3ccc(Cl)c(Cl)c3)c2C)C1. The van der Waals surface area contributed by atoms with Crippen molar-refractivity contribution in [3.8, 4) is 5.69 Å². The summed E-state index contributed by atoms with van der Waals surface area (Å²) in [5.41, 5.74) is 3.27. The number of nitrogens with zero attached hydrogens (tertiary/aromatic N) is 3. The Morgan fingerprint density at radius 2 is 2.00 bits per heavy atom. The molecule has 1 aliphatic rings. The molecule has 10 heteroatoms. The van der Waals surface area contributed by atoms with Crippen LogP contribution in [0.5, 0.6) is 0 Å². The Morgan fingerprint density at radius 3 is 2.67 bits per heavy atom. The number of carbonyl (C=O) groups excluding carboxylic acids is 1. The van der Waals surface area contributed by atoms with Gasteiger partial charge in [0.05, 0.1) is 33.6 Å². The van der Waals surface area contributed by atoms with Gasteiger partial charge in [-0.25, -0.2) is 17.8 Å². The maximum Gasteiger partial charge on any atom is 0.227 e. The smallest absolute Gasteiger partial charge is 0.227 e. The van der Waals surface area contributed by atoms with E-state index in [2.05, 4.69) is 9.82 Å². The van der Waals surface area contributed by atoms with Crippen LogP contribution in [-0.4, -0.2) is 53.9 Å². The van der Waals surface area contributed by atoms with Crippen molar-refractivity contribution < 1.29 is 13.2 Å². The maximum atomic E-state index is 12.9. The van der Waals surface area contributed by atoms with E-state index in [1.54, 1.807) is 21.7 Å². The lowest BCUT2D eigenvalue weighted by Gasteiger charge is -2.17. The van der Waals surface area contributed by atoms with E-state index in [1.165, 1.54) is 0 Å². The topological polar surface area (TPSA) is 84.3 Å². The zero-order chi connectivity index (χ0) is 22.1. The summed E-state index contributed by atoms with van der Waals surface area (Å²) >= 11 is 12.1. The van der Waals surface area contributed by atoms with Gasteiger partial charge in [0.25, 0.3) is 0 Å². The van der Waals surface area contributed by atoms with Crippen molar-refractivity contribution in [2.24, 2.45) is 0 Å². The molecule has 2 aromatic rings. The molecule has 2 heterocycles. The number of carbonyl (C=O) groups is 1. The zero-order valence-corrected chi connectivity index (χ0v) is 19.6. The summed E-state index contributed by atoms with van der Waals surface area (Å²) in [5.74, 6) is 0.0658. The molecule has 164 valence electrons. The molecule has 1 fully saturated rings. The summed E-state index contributed by atoms with van der Waals surface area (Å²) < 4.78 is 28.4. The van der Waals surface area contributed by atoms with Crippen LogP contribution in [0.25, 0.3) is 5.69 Å². The quantitative estimate of drug-likeness (QED) is 0.669. The first kappa shape index (κ1) is 23.1. The molecule has 1 aromatic heterocycles. The minimum atomic E-state index is -3.29. The van der Waals surface area contributed by atoms with Gasteiger partial charge in [-0.15, -0.1) is 0 Å². The molecule has 0 saturated carbocycles. The van der Waals surface area contributed by atoms with Gasteiger partial charge in [-0.2, -0.15) is 5.10 Å². The standard InChI is InChI=1S/C20H26Cl2N4O3S/c1-4-9-30(28,29)24-15-7-8-25(12-15)20(27)11-17-13(2)23-26(14(17)3)16-5-6-18(21)19(22)10-16/h5-6,10,15,24H,4,7-9,11-12H2,1-3H3/t15-/m1/s1. The van der Waals surface area contributed by atoms with Crippen LogP contribution in [0.4, 0.5) is 0 Å². The Hall–Kier alpha value is -1.61. The molecule has 7 nitrogen and oxygen atoms in total. The first-order chi connectivity index (χ1) is 14.1. The molecule has 0 spiro atoms. The summed E-state index contributed by atoms with van der Waals surface area (Å²) in [6.45, 7) is 6.54. The van der Waals surface area contributed by atoms with Crippen molar-refractivity contribution in [3.05, 3.63) is 45.2 Å². The first-order valence-corrected chi connectivity index (χ1v) is 12.3.